The topological polar surface area (TPSA) is 99.4 Å². The minimum atomic E-state index is -0.614. The molecule has 3 amide bonds. The lowest BCUT2D eigenvalue weighted by Gasteiger charge is -2.25. The monoisotopic (exact) mass is 470 g/mol. The number of amides is 3. The van der Waals surface area contributed by atoms with Crippen molar-refractivity contribution in [2.45, 2.75) is 12.5 Å². The second-order valence-electron chi connectivity index (χ2n) is 8.70. The van der Waals surface area contributed by atoms with E-state index in [1.165, 1.54) is 35.1 Å². The lowest BCUT2D eigenvalue weighted by atomic mass is 9.94. The molecule has 0 aliphatic carbocycles. The van der Waals surface area contributed by atoms with Gasteiger partial charge in [0.15, 0.2) is 0 Å². The molecule has 1 atom stereocenters. The number of halogens is 1. The number of likely N-dealkylation sites (N-methyl/N-ethyl adjacent to an activating group) is 1. The molecule has 10 heteroatoms. The van der Waals surface area contributed by atoms with Gasteiger partial charge in [0.05, 0.1) is 34.4 Å². The number of benzene rings is 1. The number of pyridine rings is 1. The predicted octanol–water partition coefficient (Wildman–Crippen LogP) is 1.68. The summed E-state index contributed by atoms with van der Waals surface area (Å²) in [5, 5.41) is 2.35. The molecule has 0 spiro atoms. The predicted molar refractivity (Wildman–Crippen MR) is 126 cm³/mol. The second kappa shape index (κ2) is 7.45. The van der Waals surface area contributed by atoms with Crippen LogP contribution in [0.15, 0.2) is 65.7 Å². The zero-order chi connectivity index (χ0) is 24.4. The largest absolute Gasteiger partial charge is 0.347 e. The highest BCUT2D eigenvalue weighted by Gasteiger charge is 2.41. The molecule has 1 unspecified atom stereocenters. The van der Waals surface area contributed by atoms with Gasteiger partial charge in [-0.3, -0.25) is 29.1 Å². The number of imidazole rings is 1. The van der Waals surface area contributed by atoms with E-state index in [0.29, 0.717) is 23.3 Å². The maximum atomic E-state index is 14.0. The third-order valence-electron chi connectivity index (χ3n) is 6.43. The van der Waals surface area contributed by atoms with Crippen LogP contribution in [0.25, 0.3) is 11.2 Å². The summed E-state index contributed by atoms with van der Waals surface area (Å²) in [5.41, 5.74) is 3.46. The number of carbonyl (C=O) groups excluding carboxylic acids is 3. The molecule has 0 radical (unpaired) electrons. The summed E-state index contributed by atoms with van der Waals surface area (Å²) >= 11 is 0. The molecule has 1 aromatic carbocycles. The van der Waals surface area contributed by atoms with Crippen LogP contribution < -0.4 is 10.2 Å². The molecule has 9 nitrogen and oxygen atoms in total. The van der Waals surface area contributed by atoms with Crippen LogP contribution >= 0.6 is 0 Å². The molecule has 6 rings (SSSR count). The van der Waals surface area contributed by atoms with Crippen molar-refractivity contribution in [1.82, 2.24) is 19.6 Å². The quantitative estimate of drug-likeness (QED) is 0.588. The molecular formula is C25H19FN6O3. The SMILES string of the molecule is CN(C)C(=O)C1Cc2cccc3c2N1C=CN=C3C1=C(c2cnc3ccc(F)cn23)C(=O)NC1=O. The Hall–Kier alpha value is -4.60. The van der Waals surface area contributed by atoms with Gasteiger partial charge in [-0.25, -0.2) is 9.37 Å². The first-order valence-corrected chi connectivity index (χ1v) is 10.9. The van der Waals surface area contributed by atoms with E-state index >= 15 is 0 Å². The minimum absolute atomic E-state index is 0.0540. The third-order valence-corrected chi connectivity index (χ3v) is 6.43. The average molecular weight is 470 g/mol. The summed E-state index contributed by atoms with van der Waals surface area (Å²) in [6.45, 7) is 0. The maximum Gasteiger partial charge on any atom is 0.261 e. The summed E-state index contributed by atoms with van der Waals surface area (Å²) < 4.78 is 15.4. The molecule has 174 valence electrons. The first kappa shape index (κ1) is 21.0. The van der Waals surface area contributed by atoms with Gasteiger partial charge in [0.25, 0.3) is 11.8 Å². The van der Waals surface area contributed by atoms with Gasteiger partial charge in [-0.15, -0.1) is 0 Å². The van der Waals surface area contributed by atoms with Crippen molar-refractivity contribution in [3.63, 3.8) is 0 Å². The normalized spacial score (nSPS) is 18.7. The Kier molecular flexibility index (Phi) is 4.47. The van der Waals surface area contributed by atoms with Crippen molar-refractivity contribution in [2.24, 2.45) is 4.99 Å². The van der Waals surface area contributed by atoms with E-state index in [9.17, 15) is 18.8 Å². The molecule has 0 saturated heterocycles. The lowest BCUT2D eigenvalue weighted by molar-refractivity contribution is -0.130. The lowest BCUT2D eigenvalue weighted by Crippen LogP contribution is -2.42. The molecule has 3 aromatic rings. The Morgan fingerprint density at radius 1 is 1.14 bits per heavy atom. The number of anilines is 1. The maximum absolute atomic E-state index is 14.0. The van der Waals surface area contributed by atoms with Crippen LogP contribution in [-0.4, -0.2) is 57.9 Å². The molecule has 1 N–H and O–H groups in total. The number of aromatic nitrogens is 2. The van der Waals surface area contributed by atoms with Crippen molar-refractivity contribution >= 4 is 40.3 Å². The Balaban J connectivity index is 1.56. The van der Waals surface area contributed by atoms with E-state index in [-0.39, 0.29) is 22.7 Å². The van der Waals surface area contributed by atoms with Gasteiger partial charge in [0.2, 0.25) is 5.91 Å². The number of imide groups is 1. The fourth-order valence-electron chi connectivity index (χ4n) is 4.91. The summed E-state index contributed by atoms with van der Waals surface area (Å²) in [4.78, 5) is 51.1. The van der Waals surface area contributed by atoms with Crippen LogP contribution in [0.3, 0.4) is 0 Å². The number of carbonyl (C=O) groups is 3. The van der Waals surface area contributed by atoms with Crippen LogP contribution in [0, 0.1) is 5.82 Å². The molecular weight excluding hydrogens is 451 g/mol. The average Bonchev–Trinajstić information content (AvgIpc) is 3.44. The van der Waals surface area contributed by atoms with Gasteiger partial charge < -0.3 is 9.80 Å². The van der Waals surface area contributed by atoms with E-state index in [1.54, 1.807) is 25.2 Å². The van der Waals surface area contributed by atoms with Crippen molar-refractivity contribution in [2.75, 3.05) is 19.0 Å². The van der Waals surface area contributed by atoms with Crippen LogP contribution in [0.4, 0.5) is 10.1 Å². The van der Waals surface area contributed by atoms with Gasteiger partial charge in [-0.2, -0.15) is 0 Å². The molecule has 3 aliphatic heterocycles. The number of aliphatic imine (C=N–C) groups is 1. The van der Waals surface area contributed by atoms with E-state index in [0.717, 1.165) is 11.3 Å². The van der Waals surface area contributed by atoms with Crippen LogP contribution in [0.5, 0.6) is 0 Å². The van der Waals surface area contributed by atoms with Gasteiger partial charge >= 0.3 is 0 Å². The number of fused-ring (bicyclic) bond motifs is 1. The van der Waals surface area contributed by atoms with Gasteiger partial charge in [0.1, 0.15) is 17.5 Å². The fraction of sp³-hybridized carbons (Fsp3) is 0.160. The molecule has 5 heterocycles. The minimum Gasteiger partial charge on any atom is -0.347 e. The van der Waals surface area contributed by atoms with Crippen LogP contribution in [0.1, 0.15) is 16.8 Å². The highest BCUT2D eigenvalue weighted by atomic mass is 19.1. The fourth-order valence-corrected chi connectivity index (χ4v) is 4.91. The zero-order valence-electron chi connectivity index (χ0n) is 18.8. The van der Waals surface area contributed by atoms with E-state index in [2.05, 4.69) is 15.3 Å². The van der Waals surface area contributed by atoms with Gasteiger partial charge in [-0.05, 0) is 17.7 Å². The van der Waals surface area contributed by atoms with Gasteiger partial charge in [0, 0.05) is 44.7 Å². The summed E-state index contributed by atoms with van der Waals surface area (Å²) in [7, 11) is 3.42. The van der Waals surface area contributed by atoms with Gasteiger partial charge in [-0.1, -0.05) is 18.2 Å². The Morgan fingerprint density at radius 2 is 1.94 bits per heavy atom. The number of hydrogen-bond acceptors (Lipinski definition) is 6. The van der Waals surface area contributed by atoms with Crippen molar-refractivity contribution < 1.29 is 18.8 Å². The Morgan fingerprint density at radius 3 is 2.74 bits per heavy atom. The van der Waals surface area contributed by atoms with Crippen molar-refractivity contribution in [3.8, 4) is 0 Å². The standard InChI is InChI=1S/C25H19FN6O3/c1-30(2)25(35)16-10-13-4-3-5-15-21(27-8-9-31(16)22(13)15)20-19(23(33)29-24(20)34)17-11-28-18-7-6-14(26)12-32(17)18/h3-9,11-12,16H,10H2,1-2H3,(H,29,33,34). The van der Waals surface area contributed by atoms with E-state index in [1.807, 2.05) is 23.1 Å². The molecule has 0 fully saturated rings. The molecule has 0 saturated carbocycles. The number of para-hydroxylation sites is 1. The summed E-state index contributed by atoms with van der Waals surface area (Å²) in [5.74, 6) is -1.78. The first-order chi connectivity index (χ1) is 16.8. The number of nitrogens with one attached hydrogen (secondary N) is 1. The number of hydrogen-bond donors (Lipinski definition) is 1. The summed E-state index contributed by atoms with van der Waals surface area (Å²) in [6.07, 6.45) is 6.39. The Labute approximate surface area is 198 Å². The Bertz CT molecular complexity index is 1560. The second-order valence-corrected chi connectivity index (χ2v) is 8.70. The smallest absolute Gasteiger partial charge is 0.261 e. The molecule has 3 aliphatic rings. The molecule has 0 bridgehead atoms. The van der Waals surface area contributed by atoms with Crippen molar-refractivity contribution in [3.05, 3.63) is 83.3 Å². The third kappa shape index (κ3) is 3.03. The highest BCUT2D eigenvalue weighted by Crippen LogP contribution is 2.40. The van der Waals surface area contributed by atoms with Crippen LogP contribution in [-0.2, 0) is 20.8 Å². The van der Waals surface area contributed by atoms with Crippen LogP contribution in [0.2, 0.25) is 0 Å². The zero-order valence-corrected chi connectivity index (χ0v) is 18.8. The first-order valence-electron chi connectivity index (χ1n) is 10.9. The summed E-state index contributed by atoms with van der Waals surface area (Å²) in [6, 6.07) is 7.91. The van der Waals surface area contributed by atoms with Crippen molar-refractivity contribution in [1.29, 1.82) is 0 Å². The molecule has 2 aromatic heterocycles. The highest BCUT2D eigenvalue weighted by molar-refractivity contribution is 6.47. The van der Waals surface area contributed by atoms with E-state index in [4.69, 9.17) is 0 Å². The number of rotatable bonds is 3. The molecule has 35 heavy (non-hydrogen) atoms. The number of nitrogens with zero attached hydrogens (tertiary/aromatic N) is 5. The van der Waals surface area contributed by atoms with E-state index < -0.39 is 23.7 Å².